The van der Waals surface area contributed by atoms with E-state index in [1.165, 1.54) is 43.6 Å². The molecule has 0 aliphatic rings. The highest BCUT2D eigenvalue weighted by molar-refractivity contribution is 7.09. The van der Waals surface area contributed by atoms with Crippen molar-refractivity contribution in [3.8, 4) is 0 Å². The van der Waals surface area contributed by atoms with Gasteiger partial charge < -0.3 is 5.32 Å². The highest BCUT2D eigenvalue weighted by Gasteiger charge is 2.08. The van der Waals surface area contributed by atoms with Crippen LogP contribution in [0.15, 0.2) is 6.33 Å². The van der Waals surface area contributed by atoms with Crippen LogP contribution in [-0.4, -0.2) is 15.4 Å². The van der Waals surface area contributed by atoms with Crippen LogP contribution in [0.4, 0.5) is 5.13 Å². The van der Waals surface area contributed by atoms with Gasteiger partial charge in [0.15, 0.2) is 0 Å². The predicted molar refractivity (Wildman–Crippen MR) is 61.8 cm³/mol. The summed E-state index contributed by atoms with van der Waals surface area (Å²) >= 11 is 1.44. The fourth-order valence-corrected chi connectivity index (χ4v) is 2.01. The summed E-state index contributed by atoms with van der Waals surface area (Å²) < 4.78 is 3.98. The van der Waals surface area contributed by atoms with Crippen LogP contribution in [0.1, 0.15) is 46.0 Å². The largest absolute Gasteiger partial charge is 0.358 e. The summed E-state index contributed by atoms with van der Waals surface area (Å²) in [6.07, 6.45) is 7.84. The molecule has 80 valence electrons. The van der Waals surface area contributed by atoms with Crippen molar-refractivity contribution in [2.45, 2.75) is 52.0 Å². The minimum atomic E-state index is 0.577. The number of aromatic nitrogens is 2. The van der Waals surface area contributed by atoms with Crippen LogP contribution in [0.25, 0.3) is 0 Å². The third kappa shape index (κ3) is 4.05. The van der Waals surface area contributed by atoms with Crippen LogP contribution in [0.3, 0.4) is 0 Å². The predicted octanol–water partition coefficient (Wildman–Crippen LogP) is 3.31. The second-order valence-electron chi connectivity index (χ2n) is 3.52. The van der Waals surface area contributed by atoms with Crippen molar-refractivity contribution < 1.29 is 0 Å². The standard InChI is InChI=1S/C10H19N3S/c1-3-5-7-9(6-4-2)13-10-11-8-12-14-10/h8-9H,3-7H2,1-2H3,(H,11,12,13). The number of hydrogen-bond acceptors (Lipinski definition) is 4. The maximum atomic E-state index is 4.14. The van der Waals surface area contributed by atoms with Gasteiger partial charge in [0.2, 0.25) is 5.13 Å². The van der Waals surface area contributed by atoms with E-state index in [0.717, 1.165) is 5.13 Å². The van der Waals surface area contributed by atoms with Gasteiger partial charge in [0.05, 0.1) is 0 Å². The Morgan fingerprint density at radius 1 is 1.36 bits per heavy atom. The van der Waals surface area contributed by atoms with E-state index in [1.807, 2.05) is 0 Å². The Kier molecular flexibility index (Phi) is 5.52. The van der Waals surface area contributed by atoms with Crippen LogP contribution in [-0.2, 0) is 0 Å². The van der Waals surface area contributed by atoms with Gasteiger partial charge >= 0.3 is 0 Å². The molecule has 14 heavy (non-hydrogen) atoms. The number of rotatable bonds is 7. The lowest BCUT2D eigenvalue weighted by Crippen LogP contribution is -2.18. The lowest BCUT2D eigenvalue weighted by molar-refractivity contribution is 0.564. The van der Waals surface area contributed by atoms with E-state index in [9.17, 15) is 0 Å². The molecule has 1 atom stereocenters. The maximum Gasteiger partial charge on any atom is 0.202 e. The highest BCUT2D eigenvalue weighted by Crippen LogP contribution is 2.15. The molecule has 0 amide bonds. The molecular formula is C10H19N3S. The Bertz CT molecular complexity index is 223. The quantitative estimate of drug-likeness (QED) is 0.755. The second kappa shape index (κ2) is 6.76. The Morgan fingerprint density at radius 2 is 2.21 bits per heavy atom. The summed E-state index contributed by atoms with van der Waals surface area (Å²) in [5.41, 5.74) is 0. The van der Waals surface area contributed by atoms with Crippen molar-refractivity contribution in [3.05, 3.63) is 6.33 Å². The van der Waals surface area contributed by atoms with E-state index < -0.39 is 0 Å². The molecule has 1 rings (SSSR count). The summed E-state index contributed by atoms with van der Waals surface area (Å²) in [4.78, 5) is 4.14. The van der Waals surface area contributed by atoms with Crippen LogP contribution in [0.2, 0.25) is 0 Å². The third-order valence-corrected chi connectivity index (χ3v) is 2.83. The number of anilines is 1. The van der Waals surface area contributed by atoms with Crippen LogP contribution in [0.5, 0.6) is 0 Å². The molecular weight excluding hydrogens is 194 g/mol. The van der Waals surface area contributed by atoms with Gasteiger partial charge in [-0.1, -0.05) is 33.1 Å². The molecule has 1 aromatic rings. The zero-order valence-corrected chi connectivity index (χ0v) is 9.81. The van der Waals surface area contributed by atoms with E-state index in [1.54, 1.807) is 6.33 Å². The zero-order valence-electron chi connectivity index (χ0n) is 8.99. The number of hydrogen-bond donors (Lipinski definition) is 1. The molecule has 0 aromatic carbocycles. The average molecular weight is 213 g/mol. The van der Waals surface area contributed by atoms with Gasteiger partial charge in [0, 0.05) is 17.6 Å². The van der Waals surface area contributed by atoms with Crippen molar-refractivity contribution in [1.82, 2.24) is 9.36 Å². The molecule has 1 aromatic heterocycles. The summed E-state index contributed by atoms with van der Waals surface area (Å²) in [7, 11) is 0. The Morgan fingerprint density at radius 3 is 2.79 bits per heavy atom. The van der Waals surface area contributed by atoms with Crippen LogP contribution < -0.4 is 5.32 Å². The molecule has 0 fully saturated rings. The van der Waals surface area contributed by atoms with Crippen molar-refractivity contribution in [1.29, 1.82) is 0 Å². The Balaban J connectivity index is 2.34. The van der Waals surface area contributed by atoms with Gasteiger partial charge in [-0.3, -0.25) is 0 Å². The van der Waals surface area contributed by atoms with Gasteiger partial charge in [0.25, 0.3) is 0 Å². The summed E-state index contributed by atoms with van der Waals surface area (Å²) in [5.74, 6) is 0. The van der Waals surface area contributed by atoms with Crippen molar-refractivity contribution >= 4 is 16.7 Å². The van der Waals surface area contributed by atoms with Crippen molar-refractivity contribution in [3.63, 3.8) is 0 Å². The lowest BCUT2D eigenvalue weighted by atomic mass is 10.1. The first-order valence-corrected chi connectivity index (χ1v) is 6.17. The van der Waals surface area contributed by atoms with Gasteiger partial charge in [-0.15, -0.1) is 0 Å². The zero-order chi connectivity index (χ0) is 10.2. The molecule has 1 unspecified atom stereocenters. The summed E-state index contributed by atoms with van der Waals surface area (Å²) in [6, 6.07) is 0.577. The smallest absolute Gasteiger partial charge is 0.202 e. The van der Waals surface area contributed by atoms with E-state index in [-0.39, 0.29) is 0 Å². The number of nitrogens with one attached hydrogen (secondary N) is 1. The third-order valence-electron chi connectivity index (χ3n) is 2.23. The van der Waals surface area contributed by atoms with E-state index in [2.05, 4.69) is 28.5 Å². The highest BCUT2D eigenvalue weighted by atomic mass is 32.1. The SMILES string of the molecule is CCCCC(CCC)Nc1ncns1. The Hall–Kier alpha value is -0.640. The topological polar surface area (TPSA) is 37.8 Å². The van der Waals surface area contributed by atoms with Crippen molar-refractivity contribution in [2.75, 3.05) is 5.32 Å². The van der Waals surface area contributed by atoms with E-state index in [4.69, 9.17) is 0 Å². The first-order chi connectivity index (χ1) is 6.86. The monoisotopic (exact) mass is 213 g/mol. The van der Waals surface area contributed by atoms with Gasteiger partial charge in [0.1, 0.15) is 6.33 Å². The maximum absolute atomic E-state index is 4.14. The summed E-state index contributed by atoms with van der Waals surface area (Å²) in [6.45, 7) is 4.45. The molecule has 4 heteroatoms. The Labute approximate surface area is 90.1 Å². The summed E-state index contributed by atoms with van der Waals surface area (Å²) in [5, 5.41) is 4.40. The molecule has 0 bridgehead atoms. The van der Waals surface area contributed by atoms with E-state index in [0.29, 0.717) is 6.04 Å². The molecule has 1 heterocycles. The van der Waals surface area contributed by atoms with Gasteiger partial charge in [-0.05, 0) is 12.8 Å². The van der Waals surface area contributed by atoms with Gasteiger partial charge in [-0.2, -0.15) is 4.37 Å². The minimum Gasteiger partial charge on any atom is -0.358 e. The average Bonchev–Trinajstić information content (AvgIpc) is 2.67. The molecule has 0 saturated heterocycles. The first-order valence-electron chi connectivity index (χ1n) is 5.40. The molecule has 0 radical (unpaired) electrons. The fourth-order valence-electron chi connectivity index (χ4n) is 1.50. The van der Waals surface area contributed by atoms with Crippen LogP contribution in [0, 0.1) is 0 Å². The molecule has 1 N–H and O–H groups in total. The van der Waals surface area contributed by atoms with Crippen LogP contribution >= 0.6 is 11.5 Å². The molecule has 3 nitrogen and oxygen atoms in total. The molecule has 0 saturated carbocycles. The molecule has 0 aliphatic heterocycles. The number of nitrogens with zero attached hydrogens (tertiary/aromatic N) is 2. The fraction of sp³-hybridized carbons (Fsp3) is 0.800. The van der Waals surface area contributed by atoms with Crippen molar-refractivity contribution in [2.24, 2.45) is 0 Å². The lowest BCUT2D eigenvalue weighted by Gasteiger charge is -2.16. The van der Waals surface area contributed by atoms with Gasteiger partial charge in [-0.25, -0.2) is 4.98 Å². The van der Waals surface area contributed by atoms with E-state index >= 15 is 0 Å². The first kappa shape index (κ1) is 11.4. The number of unbranched alkanes of at least 4 members (excludes halogenated alkanes) is 1. The molecule has 0 aliphatic carbocycles. The minimum absolute atomic E-state index is 0.577. The molecule has 0 spiro atoms. The normalized spacial score (nSPS) is 12.7. The second-order valence-corrected chi connectivity index (χ2v) is 4.30.